The van der Waals surface area contributed by atoms with Crippen molar-refractivity contribution in [2.45, 2.75) is 63.7 Å². The van der Waals surface area contributed by atoms with Gasteiger partial charge in [0.25, 0.3) is 0 Å². The molecule has 0 fully saturated rings. The van der Waals surface area contributed by atoms with E-state index >= 15 is 0 Å². The van der Waals surface area contributed by atoms with Crippen LogP contribution in [0.25, 0.3) is 0 Å². The first-order valence-electron chi connectivity index (χ1n) is 9.78. The molecule has 0 aromatic rings. The predicted octanol–water partition coefficient (Wildman–Crippen LogP) is -3.37. The van der Waals surface area contributed by atoms with Gasteiger partial charge < -0.3 is 42.7 Å². The quantitative estimate of drug-likeness (QED) is 0.120. The summed E-state index contributed by atoms with van der Waals surface area (Å²) in [5, 5.41) is 33.8. The minimum absolute atomic E-state index is 0.0834. The fourth-order valence-corrected chi connectivity index (χ4v) is 2.53. The Morgan fingerprint density at radius 2 is 1.34 bits per heavy atom. The third-order valence-corrected chi connectivity index (χ3v) is 4.18. The number of carboxylic acid groups (broad SMARTS) is 2. The van der Waals surface area contributed by atoms with Crippen molar-refractivity contribution in [3.8, 4) is 0 Å². The van der Waals surface area contributed by atoms with Crippen LogP contribution in [0.2, 0.25) is 0 Å². The normalized spacial score (nSPS) is 14.5. The molecular formula is C18H31N5O9. The monoisotopic (exact) mass is 461 g/mol. The molecule has 32 heavy (non-hydrogen) atoms. The summed E-state index contributed by atoms with van der Waals surface area (Å²) in [6.07, 6.45) is -1.20. The minimum atomic E-state index is -1.58. The molecule has 0 aliphatic heterocycles. The molecule has 4 atom stereocenters. The van der Waals surface area contributed by atoms with Crippen molar-refractivity contribution in [1.29, 1.82) is 0 Å². The van der Waals surface area contributed by atoms with Crippen molar-refractivity contribution in [2.75, 3.05) is 6.61 Å². The fourth-order valence-electron chi connectivity index (χ4n) is 2.53. The van der Waals surface area contributed by atoms with Crippen molar-refractivity contribution >= 4 is 35.6 Å². The minimum Gasteiger partial charge on any atom is -0.481 e. The number of carbonyl (C=O) groups is 6. The van der Waals surface area contributed by atoms with Crippen LogP contribution in [-0.4, -0.2) is 81.7 Å². The number of hydrogen-bond donors (Lipinski definition) is 8. The molecule has 0 saturated carbocycles. The number of amides is 4. The first kappa shape index (κ1) is 28.7. The van der Waals surface area contributed by atoms with Crippen LogP contribution in [0.15, 0.2) is 0 Å². The van der Waals surface area contributed by atoms with Gasteiger partial charge in [0.15, 0.2) is 0 Å². The van der Waals surface area contributed by atoms with Crippen LogP contribution >= 0.6 is 0 Å². The maximum absolute atomic E-state index is 12.5. The average molecular weight is 461 g/mol. The van der Waals surface area contributed by atoms with Crippen LogP contribution in [0, 0.1) is 5.92 Å². The number of aliphatic hydroxyl groups is 1. The number of nitrogens with one attached hydrogen (secondary N) is 3. The topological polar surface area (TPSA) is 251 Å². The van der Waals surface area contributed by atoms with E-state index in [1.165, 1.54) is 0 Å². The molecule has 0 aromatic carbocycles. The molecule has 4 unspecified atom stereocenters. The predicted molar refractivity (Wildman–Crippen MR) is 109 cm³/mol. The summed E-state index contributed by atoms with van der Waals surface area (Å²) >= 11 is 0. The van der Waals surface area contributed by atoms with E-state index in [0.29, 0.717) is 0 Å². The largest absolute Gasteiger partial charge is 0.481 e. The molecule has 0 radical (unpaired) electrons. The molecular weight excluding hydrogens is 430 g/mol. The van der Waals surface area contributed by atoms with Gasteiger partial charge >= 0.3 is 11.9 Å². The second-order valence-corrected chi connectivity index (χ2v) is 7.54. The number of carboxylic acids is 2. The highest BCUT2D eigenvalue weighted by atomic mass is 16.4. The summed E-state index contributed by atoms with van der Waals surface area (Å²) in [4.78, 5) is 70.1. The molecule has 14 nitrogen and oxygen atoms in total. The Hall–Kier alpha value is -3.26. The molecule has 0 aromatic heterocycles. The lowest BCUT2D eigenvalue weighted by Gasteiger charge is -2.24. The van der Waals surface area contributed by atoms with Gasteiger partial charge in [-0.25, -0.2) is 4.79 Å². The molecule has 182 valence electrons. The van der Waals surface area contributed by atoms with E-state index in [2.05, 4.69) is 16.0 Å². The van der Waals surface area contributed by atoms with Gasteiger partial charge in [-0.15, -0.1) is 0 Å². The third kappa shape index (κ3) is 11.2. The first-order chi connectivity index (χ1) is 14.8. The van der Waals surface area contributed by atoms with Gasteiger partial charge in [-0.05, 0) is 18.8 Å². The highest BCUT2D eigenvalue weighted by Crippen LogP contribution is 2.06. The molecule has 0 bridgehead atoms. The van der Waals surface area contributed by atoms with Crippen LogP contribution in [0.1, 0.15) is 39.5 Å². The number of aliphatic carboxylic acids is 2. The van der Waals surface area contributed by atoms with E-state index in [4.69, 9.17) is 16.6 Å². The fraction of sp³-hybridized carbons (Fsp3) is 0.667. The second kappa shape index (κ2) is 13.9. The maximum atomic E-state index is 12.5. The Morgan fingerprint density at radius 3 is 1.78 bits per heavy atom. The number of nitrogens with two attached hydrogens (primary N) is 2. The Labute approximate surface area is 184 Å². The Balaban J connectivity index is 5.25. The maximum Gasteiger partial charge on any atom is 0.326 e. The highest BCUT2D eigenvalue weighted by Gasteiger charge is 2.31. The van der Waals surface area contributed by atoms with Gasteiger partial charge in [-0.3, -0.25) is 24.0 Å². The Kier molecular flexibility index (Phi) is 12.5. The second-order valence-electron chi connectivity index (χ2n) is 7.54. The summed E-state index contributed by atoms with van der Waals surface area (Å²) in [5.41, 5.74) is 10.6. The summed E-state index contributed by atoms with van der Waals surface area (Å²) in [5.74, 6) is -6.52. The lowest BCUT2D eigenvalue weighted by molar-refractivity contribution is -0.143. The molecule has 10 N–H and O–H groups in total. The number of rotatable bonds is 15. The lowest BCUT2D eigenvalue weighted by Crippen LogP contribution is -2.58. The molecule has 0 saturated heterocycles. The molecule has 0 aliphatic rings. The Morgan fingerprint density at radius 1 is 0.844 bits per heavy atom. The van der Waals surface area contributed by atoms with E-state index < -0.39 is 79.2 Å². The summed E-state index contributed by atoms with van der Waals surface area (Å²) in [6, 6.07) is -5.70. The van der Waals surface area contributed by atoms with Crippen LogP contribution in [0.3, 0.4) is 0 Å². The van der Waals surface area contributed by atoms with Crippen molar-refractivity contribution in [3.05, 3.63) is 0 Å². The van der Waals surface area contributed by atoms with Crippen LogP contribution in [0.5, 0.6) is 0 Å². The lowest BCUT2D eigenvalue weighted by atomic mass is 10.0. The molecule has 0 heterocycles. The molecule has 0 aliphatic carbocycles. The zero-order valence-corrected chi connectivity index (χ0v) is 17.9. The van der Waals surface area contributed by atoms with Crippen LogP contribution in [0.4, 0.5) is 0 Å². The Bertz CT molecular complexity index is 713. The van der Waals surface area contributed by atoms with Crippen molar-refractivity contribution in [1.82, 2.24) is 16.0 Å². The van der Waals surface area contributed by atoms with Gasteiger partial charge in [0.05, 0.1) is 19.1 Å². The molecule has 14 heteroatoms. The summed E-state index contributed by atoms with van der Waals surface area (Å²) < 4.78 is 0. The number of primary amides is 1. The standard InChI is InChI=1S/C18H31N5O9/c1-8(2)5-11(18(31)32)22-16(29)10(6-13(20)25)21-17(30)12(7-24)23-15(28)9(19)3-4-14(26)27/h8-12,24H,3-7,19H2,1-2H3,(H2,20,25)(H,21,30)(H,22,29)(H,23,28)(H,26,27)(H,31,32). The van der Waals surface area contributed by atoms with Gasteiger partial charge in [0.2, 0.25) is 23.6 Å². The van der Waals surface area contributed by atoms with Crippen LogP contribution < -0.4 is 27.4 Å². The zero-order chi connectivity index (χ0) is 25.0. The molecule has 0 spiro atoms. The first-order valence-corrected chi connectivity index (χ1v) is 9.78. The molecule has 4 amide bonds. The van der Waals surface area contributed by atoms with Gasteiger partial charge in [-0.2, -0.15) is 0 Å². The number of hydrogen-bond acceptors (Lipinski definition) is 8. The van der Waals surface area contributed by atoms with Gasteiger partial charge in [0.1, 0.15) is 18.1 Å². The van der Waals surface area contributed by atoms with E-state index in [1.54, 1.807) is 13.8 Å². The zero-order valence-electron chi connectivity index (χ0n) is 17.9. The third-order valence-electron chi connectivity index (χ3n) is 4.18. The number of aliphatic hydroxyl groups excluding tert-OH is 1. The van der Waals surface area contributed by atoms with Crippen LogP contribution in [-0.2, 0) is 28.8 Å². The SMILES string of the molecule is CC(C)CC(NC(=O)C(CC(N)=O)NC(=O)C(CO)NC(=O)C(N)CCC(=O)O)C(=O)O. The van der Waals surface area contributed by atoms with E-state index in [9.17, 15) is 39.0 Å². The summed E-state index contributed by atoms with van der Waals surface area (Å²) in [6.45, 7) is 2.57. The summed E-state index contributed by atoms with van der Waals surface area (Å²) in [7, 11) is 0. The van der Waals surface area contributed by atoms with Gasteiger partial charge in [-0.1, -0.05) is 13.8 Å². The number of carbonyl (C=O) groups excluding carboxylic acids is 4. The smallest absolute Gasteiger partial charge is 0.326 e. The highest BCUT2D eigenvalue weighted by molar-refractivity contribution is 5.96. The van der Waals surface area contributed by atoms with Crippen molar-refractivity contribution in [2.24, 2.45) is 17.4 Å². The molecule has 0 rings (SSSR count). The van der Waals surface area contributed by atoms with E-state index in [0.717, 1.165) is 0 Å². The van der Waals surface area contributed by atoms with E-state index in [1.807, 2.05) is 0 Å². The van der Waals surface area contributed by atoms with E-state index in [-0.39, 0.29) is 18.8 Å². The van der Waals surface area contributed by atoms with Gasteiger partial charge in [0, 0.05) is 6.42 Å². The van der Waals surface area contributed by atoms with Crippen molar-refractivity contribution < 1.29 is 44.1 Å². The average Bonchev–Trinajstić information content (AvgIpc) is 2.67. The van der Waals surface area contributed by atoms with Crippen molar-refractivity contribution in [3.63, 3.8) is 0 Å².